The Morgan fingerprint density at radius 3 is 2.75 bits per heavy atom. The van der Waals surface area contributed by atoms with Gasteiger partial charge in [-0.05, 0) is 26.7 Å². The van der Waals surface area contributed by atoms with Crippen molar-refractivity contribution in [2.24, 2.45) is 0 Å². The molecule has 2 saturated heterocycles. The summed E-state index contributed by atoms with van der Waals surface area (Å²) in [6.07, 6.45) is 2.72. The fourth-order valence-corrected chi connectivity index (χ4v) is 2.25. The third-order valence-electron chi connectivity index (χ3n) is 3.17. The minimum Gasteiger partial charge on any atom is -0.376 e. The molecule has 2 aliphatic heterocycles. The van der Waals surface area contributed by atoms with Crippen molar-refractivity contribution in [3.8, 4) is 0 Å². The molecule has 0 radical (unpaired) electrons. The molecule has 0 aromatic rings. The van der Waals surface area contributed by atoms with E-state index in [1.54, 1.807) is 0 Å². The van der Waals surface area contributed by atoms with Crippen molar-refractivity contribution in [3.63, 3.8) is 0 Å². The van der Waals surface area contributed by atoms with Gasteiger partial charge in [0.05, 0.1) is 37.6 Å². The Bertz CT molecular complexity index is 214. The van der Waals surface area contributed by atoms with E-state index in [0.717, 1.165) is 32.5 Å². The second-order valence-corrected chi connectivity index (χ2v) is 5.27. The number of nitrogens with one attached hydrogen (secondary N) is 1. The van der Waals surface area contributed by atoms with E-state index in [-0.39, 0.29) is 17.8 Å². The Morgan fingerprint density at radius 2 is 2.12 bits per heavy atom. The van der Waals surface area contributed by atoms with Crippen LogP contribution in [0.4, 0.5) is 0 Å². The highest BCUT2D eigenvalue weighted by atomic mass is 16.6. The molecule has 94 valence electrons. The summed E-state index contributed by atoms with van der Waals surface area (Å²) < 4.78 is 17.1. The molecule has 4 nitrogen and oxygen atoms in total. The largest absolute Gasteiger partial charge is 0.376 e. The minimum absolute atomic E-state index is 0.0386. The lowest BCUT2D eigenvalue weighted by atomic mass is 10.1. The predicted molar refractivity (Wildman–Crippen MR) is 61.6 cm³/mol. The number of hydrogen-bond donors (Lipinski definition) is 1. The smallest absolute Gasteiger partial charge is 0.0933 e. The number of ether oxygens (including phenoxy) is 3. The maximum absolute atomic E-state index is 5.86. The van der Waals surface area contributed by atoms with Crippen LogP contribution in [0.15, 0.2) is 0 Å². The molecular weight excluding hydrogens is 206 g/mol. The molecule has 0 aliphatic carbocycles. The third-order valence-corrected chi connectivity index (χ3v) is 3.17. The second-order valence-electron chi connectivity index (χ2n) is 5.27. The Kier molecular flexibility index (Phi) is 4.19. The number of morpholine rings is 1. The molecule has 2 atom stereocenters. The Hall–Kier alpha value is -0.160. The SMILES string of the molecule is CC1(C)CCC(COCC2CNCCO2)O1. The molecule has 2 unspecified atom stereocenters. The van der Waals surface area contributed by atoms with Crippen molar-refractivity contribution >= 4 is 0 Å². The first-order valence-corrected chi connectivity index (χ1v) is 6.24. The van der Waals surface area contributed by atoms with Gasteiger partial charge in [0.1, 0.15) is 0 Å². The fourth-order valence-electron chi connectivity index (χ4n) is 2.25. The maximum Gasteiger partial charge on any atom is 0.0933 e. The molecule has 16 heavy (non-hydrogen) atoms. The molecule has 0 bridgehead atoms. The van der Waals surface area contributed by atoms with Gasteiger partial charge in [-0.3, -0.25) is 0 Å². The summed E-state index contributed by atoms with van der Waals surface area (Å²) in [7, 11) is 0. The quantitative estimate of drug-likeness (QED) is 0.779. The summed E-state index contributed by atoms with van der Waals surface area (Å²) >= 11 is 0. The zero-order chi connectivity index (χ0) is 11.4. The van der Waals surface area contributed by atoms with Crippen LogP contribution >= 0.6 is 0 Å². The highest BCUT2D eigenvalue weighted by Crippen LogP contribution is 2.29. The van der Waals surface area contributed by atoms with Crippen LogP contribution in [0, 0.1) is 0 Å². The normalized spacial score (nSPS) is 34.1. The molecule has 0 amide bonds. The molecule has 2 rings (SSSR count). The first-order chi connectivity index (χ1) is 7.66. The highest BCUT2D eigenvalue weighted by Gasteiger charge is 2.31. The summed E-state index contributed by atoms with van der Waals surface area (Å²) in [4.78, 5) is 0. The molecule has 2 heterocycles. The van der Waals surface area contributed by atoms with E-state index in [4.69, 9.17) is 14.2 Å². The van der Waals surface area contributed by atoms with Crippen molar-refractivity contribution in [2.45, 2.75) is 44.5 Å². The molecule has 0 aromatic carbocycles. The van der Waals surface area contributed by atoms with Gasteiger partial charge >= 0.3 is 0 Å². The van der Waals surface area contributed by atoms with Gasteiger partial charge < -0.3 is 19.5 Å². The van der Waals surface area contributed by atoms with E-state index in [0.29, 0.717) is 13.2 Å². The summed E-state index contributed by atoms with van der Waals surface area (Å²) in [5, 5.41) is 3.29. The van der Waals surface area contributed by atoms with Crippen LogP contribution in [0.3, 0.4) is 0 Å². The molecule has 0 aromatic heterocycles. The van der Waals surface area contributed by atoms with Gasteiger partial charge in [0, 0.05) is 13.1 Å². The topological polar surface area (TPSA) is 39.7 Å². The van der Waals surface area contributed by atoms with Gasteiger partial charge in [-0.2, -0.15) is 0 Å². The zero-order valence-electron chi connectivity index (χ0n) is 10.3. The average molecular weight is 229 g/mol. The maximum atomic E-state index is 5.86. The van der Waals surface area contributed by atoms with Crippen LogP contribution in [0.2, 0.25) is 0 Å². The predicted octanol–water partition coefficient (Wildman–Crippen LogP) is 0.949. The minimum atomic E-state index is 0.0386. The van der Waals surface area contributed by atoms with Crippen molar-refractivity contribution in [2.75, 3.05) is 32.9 Å². The molecule has 4 heteroatoms. The summed E-state index contributed by atoms with van der Waals surface area (Å²) in [6.45, 7) is 8.30. The van der Waals surface area contributed by atoms with E-state index >= 15 is 0 Å². The Balaban J connectivity index is 1.58. The summed E-state index contributed by atoms with van der Waals surface area (Å²) in [5.41, 5.74) is 0.0386. The first-order valence-electron chi connectivity index (χ1n) is 6.24. The Morgan fingerprint density at radius 1 is 1.31 bits per heavy atom. The third kappa shape index (κ3) is 3.70. The number of hydrogen-bond acceptors (Lipinski definition) is 4. The van der Waals surface area contributed by atoms with Gasteiger partial charge in [0.25, 0.3) is 0 Å². The van der Waals surface area contributed by atoms with Gasteiger partial charge in [-0.15, -0.1) is 0 Å². The van der Waals surface area contributed by atoms with Crippen molar-refractivity contribution in [1.29, 1.82) is 0 Å². The number of rotatable bonds is 4. The van der Waals surface area contributed by atoms with Crippen LogP contribution in [0.5, 0.6) is 0 Å². The lowest BCUT2D eigenvalue weighted by Gasteiger charge is -2.24. The van der Waals surface area contributed by atoms with Crippen LogP contribution in [0.25, 0.3) is 0 Å². The van der Waals surface area contributed by atoms with E-state index in [1.165, 1.54) is 0 Å². The molecule has 2 aliphatic rings. The molecule has 1 N–H and O–H groups in total. The van der Waals surface area contributed by atoms with Crippen molar-refractivity contribution < 1.29 is 14.2 Å². The molecule has 0 saturated carbocycles. The van der Waals surface area contributed by atoms with Crippen LogP contribution < -0.4 is 5.32 Å². The molecule has 0 spiro atoms. The highest BCUT2D eigenvalue weighted by molar-refractivity contribution is 4.80. The van der Waals surface area contributed by atoms with E-state index in [2.05, 4.69) is 19.2 Å². The van der Waals surface area contributed by atoms with Gasteiger partial charge in [0.2, 0.25) is 0 Å². The average Bonchev–Trinajstić information content (AvgIpc) is 2.60. The summed E-state index contributed by atoms with van der Waals surface area (Å²) in [6, 6.07) is 0. The van der Waals surface area contributed by atoms with Crippen LogP contribution in [-0.4, -0.2) is 50.7 Å². The summed E-state index contributed by atoms with van der Waals surface area (Å²) in [5.74, 6) is 0. The fraction of sp³-hybridized carbons (Fsp3) is 1.00. The molecular formula is C12H23NO3. The van der Waals surface area contributed by atoms with E-state index < -0.39 is 0 Å². The lowest BCUT2D eigenvalue weighted by Crippen LogP contribution is -2.41. The van der Waals surface area contributed by atoms with Gasteiger partial charge in [0.15, 0.2) is 0 Å². The van der Waals surface area contributed by atoms with Crippen LogP contribution in [0.1, 0.15) is 26.7 Å². The van der Waals surface area contributed by atoms with Crippen LogP contribution in [-0.2, 0) is 14.2 Å². The Labute approximate surface area is 97.6 Å². The zero-order valence-corrected chi connectivity index (χ0v) is 10.3. The standard InChI is InChI=1S/C12H23NO3/c1-12(2)4-3-10(16-12)8-14-9-11-7-13-5-6-15-11/h10-11,13H,3-9H2,1-2H3. The van der Waals surface area contributed by atoms with Crippen molar-refractivity contribution in [1.82, 2.24) is 5.32 Å². The van der Waals surface area contributed by atoms with Gasteiger partial charge in [-0.25, -0.2) is 0 Å². The van der Waals surface area contributed by atoms with Crippen molar-refractivity contribution in [3.05, 3.63) is 0 Å². The van der Waals surface area contributed by atoms with Gasteiger partial charge in [-0.1, -0.05) is 0 Å². The monoisotopic (exact) mass is 229 g/mol. The second kappa shape index (κ2) is 5.45. The van der Waals surface area contributed by atoms with E-state index in [1.807, 2.05) is 0 Å². The lowest BCUT2D eigenvalue weighted by molar-refractivity contribution is -0.0788. The first kappa shape index (κ1) is 12.3. The molecule has 2 fully saturated rings. The van der Waals surface area contributed by atoms with E-state index in [9.17, 15) is 0 Å².